The predicted octanol–water partition coefficient (Wildman–Crippen LogP) is 4.56. The molecule has 2 aromatic carbocycles. The fraction of sp³-hybridized carbons (Fsp3) is 0.211. The molecule has 0 N–H and O–H groups in total. The molecular weight excluding hydrogens is 393 g/mol. The van der Waals surface area contributed by atoms with Crippen LogP contribution in [-0.4, -0.2) is 27.6 Å². The Morgan fingerprint density at radius 3 is 2.69 bits per heavy atom. The first-order chi connectivity index (χ1) is 12.5. The zero-order chi connectivity index (χ0) is 18.7. The van der Waals surface area contributed by atoms with Crippen LogP contribution in [0.4, 0.5) is 0 Å². The van der Waals surface area contributed by atoms with Gasteiger partial charge < -0.3 is 4.74 Å². The Balaban J connectivity index is 2.01. The van der Waals surface area contributed by atoms with E-state index >= 15 is 0 Å². The lowest BCUT2D eigenvalue weighted by Gasteiger charge is -2.26. The minimum absolute atomic E-state index is 0.270. The quantitative estimate of drug-likeness (QED) is 0.679. The average molecular weight is 410 g/mol. The lowest BCUT2D eigenvalue weighted by atomic mass is 10.0. The normalized spacial score (nSPS) is 18.4. The average Bonchev–Trinajstić information content (AvgIpc) is 3.07. The number of nitrogens with zero attached hydrogens (tertiary/aromatic N) is 1. The largest absolute Gasteiger partial charge is 0.463 e. The van der Waals surface area contributed by atoms with Crippen LogP contribution in [-0.2, 0) is 20.5 Å². The summed E-state index contributed by atoms with van der Waals surface area (Å²) in [6, 6.07) is 13.6. The zero-order valence-corrected chi connectivity index (χ0v) is 16.4. The van der Waals surface area contributed by atoms with E-state index in [1.807, 2.05) is 6.07 Å². The summed E-state index contributed by atoms with van der Waals surface area (Å²) in [5, 5.41) is 0.960. The zero-order valence-electron chi connectivity index (χ0n) is 14.0. The second-order valence-corrected chi connectivity index (χ2v) is 7.87. The number of ether oxygens (including phenoxy) is 1. The minimum Gasteiger partial charge on any atom is -0.463 e. The fourth-order valence-electron chi connectivity index (χ4n) is 2.87. The summed E-state index contributed by atoms with van der Waals surface area (Å²) in [6.45, 7) is 2.36. The first kappa shape index (κ1) is 19.1. The van der Waals surface area contributed by atoms with Crippen LogP contribution >= 0.6 is 23.2 Å². The maximum atomic E-state index is 13.2. The summed E-state index contributed by atoms with van der Waals surface area (Å²) in [5.74, 6) is -0.420. The molecular formula is C19H17Cl2NO3S. The molecule has 136 valence electrons. The van der Waals surface area contributed by atoms with Crippen molar-refractivity contribution in [2.45, 2.75) is 17.9 Å². The molecule has 0 bridgehead atoms. The molecule has 4 nitrogen and oxygen atoms in total. The topological polar surface area (TPSA) is 46.6 Å². The Kier molecular flexibility index (Phi) is 6.14. The maximum absolute atomic E-state index is 13.2. The number of benzene rings is 2. The molecule has 2 aromatic rings. The third kappa shape index (κ3) is 3.86. The van der Waals surface area contributed by atoms with E-state index in [4.69, 9.17) is 27.9 Å². The van der Waals surface area contributed by atoms with Crippen LogP contribution in [0, 0.1) is 0 Å². The van der Waals surface area contributed by atoms with E-state index in [1.54, 1.807) is 59.8 Å². The standard InChI is InChI=1S/C19H17Cl2NO3S/c1-2-25-19(23)15-10-11-22(18(15)13-6-5-7-14(20)12-13)26(24)17-9-4-3-8-16(17)21/h3-10,12,18H,2,11H2,1H3. The number of halogens is 2. The van der Waals surface area contributed by atoms with Crippen molar-refractivity contribution in [3.05, 3.63) is 75.8 Å². The van der Waals surface area contributed by atoms with Crippen LogP contribution in [0.3, 0.4) is 0 Å². The summed E-state index contributed by atoms with van der Waals surface area (Å²) < 4.78 is 20.1. The number of rotatable bonds is 5. The van der Waals surface area contributed by atoms with Gasteiger partial charge in [0.1, 0.15) is 11.0 Å². The first-order valence-electron chi connectivity index (χ1n) is 8.08. The van der Waals surface area contributed by atoms with Crippen molar-refractivity contribution in [2.24, 2.45) is 0 Å². The summed E-state index contributed by atoms with van der Waals surface area (Å²) >= 11 is 12.3. The van der Waals surface area contributed by atoms with E-state index in [1.165, 1.54) is 0 Å². The van der Waals surface area contributed by atoms with Crippen LogP contribution in [0.2, 0.25) is 10.0 Å². The van der Waals surface area contributed by atoms with E-state index in [0.29, 0.717) is 27.1 Å². The van der Waals surface area contributed by atoms with Gasteiger partial charge in [-0.1, -0.05) is 53.5 Å². The summed E-state index contributed by atoms with van der Waals surface area (Å²) in [6.07, 6.45) is 1.75. The van der Waals surface area contributed by atoms with Crippen LogP contribution in [0.25, 0.3) is 0 Å². The molecule has 0 saturated heterocycles. The molecule has 1 aliphatic rings. The van der Waals surface area contributed by atoms with Gasteiger partial charge in [-0.05, 0) is 36.8 Å². The molecule has 0 aliphatic carbocycles. The predicted molar refractivity (Wildman–Crippen MR) is 103 cm³/mol. The van der Waals surface area contributed by atoms with Gasteiger partial charge in [0.05, 0.1) is 28.1 Å². The molecule has 0 aromatic heterocycles. The molecule has 0 radical (unpaired) electrons. The Hall–Kier alpha value is -1.66. The molecule has 2 atom stereocenters. The van der Waals surface area contributed by atoms with Gasteiger partial charge >= 0.3 is 5.97 Å². The Labute approximate surface area is 164 Å². The highest BCUT2D eigenvalue weighted by Crippen LogP contribution is 2.38. The summed E-state index contributed by atoms with van der Waals surface area (Å²) in [4.78, 5) is 12.9. The van der Waals surface area contributed by atoms with Gasteiger partial charge in [0, 0.05) is 11.6 Å². The molecule has 3 rings (SSSR count). The van der Waals surface area contributed by atoms with Gasteiger partial charge in [-0.25, -0.2) is 13.3 Å². The number of hydrogen-bond acceptors (Lipinski definition) is 3. The lowest BCUT2D eigenvalue weighted by Crippen LogP contribution is -2.29. The lowest BCUT2D eigenvalue weighted by molar-refractivity contribution is -0.138. The number of carbonyl (C=O) groups excluding carboxylic acids is 1. The fourth-order valence-corrected chi connectivity index (χ4v) is 4.72. The molecule has 0 amide bonds. The SMILES string of the molecule is CCOC(=O)C1=CCN(S(=O)c2ccccc2Cl)C1c1cccc(Cl)c1. The molecule has 26 heavy (non-hydrogen) atoms. The van der Waals surface area contributed by atoms with Crippen molar-refractivity contribution in [2.75, 3.05) is 13.2 Å². The van der Waals surface area contributed by atoms with E-state index in [2.05, 4.69) is 0 Å². The van der Waals surface area contributed by atoms with Crippen LogP contribution in [0.1, 0.15) is 18.5 Å². The highest BCUT2D eigenvalue weighted by Gasteiger charge is 2.37. The first-order valence-corrected chi connectivity index (χ1v) is 9.95. The highest BCUT2D eigenvalue weighted by atomic mass is 35.5. The van der Waals surface area contributed by atoms with E-state index in [0.717, 1.165) is 5.56 Å². The monoisotopic (exact) mass is 409 g/mol. The summed E-state index contributed by atoms with van der Waals surface area (Å²) in [5.41, 5.74) is 1.23. The van der Waals surface area contributed by atoms with Crippen molar-refractivity contribution < 1.29 is 13.7 Å². The number of carbonyl (C=O) groups is 1. The molecule has 7 heteroatoms. The molecule has 1 heterocycles. The molecule has 0 spiro atoms. The third-order valence-electron chi connectivity index (χ3n) is 3.99. The molecule has 0 fully saturated rings. The molecule has 0 saturated carbocycles. The maximum Gasteiger partial charge on any atom is 0.335 e. The second-order valence-electron chi connectivity index (χ2n) is 5.62. The van der Waals surface area contributed by atoms with Crippen molar-refractivity contribution in [3.63, 3.8) is 0 Å². The van der Waals surface area contributed by atoms with Gasteiger partial charge in [-0.3, -0.25) is 0 Å². The minimum atomic E-state index is -1.55. The molecule has 2 unspecified atom stereocenters. The molecule has 1 aliphatic heterocycles. The van der Waals surface area contributed by atoms with Crippen LogP contribution < -0.4 is 0 Å². The Morgan fingerprint density at radius 2 is 2.00 bits per heavy atom. The third-order valence-corrected chi connectivity index (χ3v) is 6.18. The Morgan fingerprint density at radius 1 is 1.23 bits per heavy atom. The second kappa shape index (κ2) is 8.35. The number of esters is 1. The van der Waals surface area contributed by atoms with Gasteiger partial charge in [0.25, 0.3) is 0 Å². The number of hydrogen-bond donors (Lipinski definition) is 0. The van der Waals surface area contributed by atoms with Crippen molar-refractivity contribution >= 4 is 40.2 Å². The van der Waals surface area contributed by atoms with Crippen molar-refractivity contribution in [3.8, 4) is 0 Å². The summed E-state index contributed by atoms with van der Waals surface area (Å²) in [7, 11) is -1.55. The Bertz CT molecular complexity index is 885. The van der Waals surface area contributed by atoms with E-state index < -0.39 is 23.0 Å². The van der Waals surface area contributed by atoms with Crippen molar-refractivity contribution in [1.82, 2.24) is 4.31 Å². The van der Waals surface area contributed by atoms with E-state index in [-0.39, 0.29) is 6.61 Å². The van der Waals surface area contributed by atoms with Crippen molar-refractivity contribution in [1.29, 1.82) is 0 Å². The van der Waals surface area contributed by atoms with Crippen LogP contribution in [0.15, 0.2) is 65.1 Å². The highest BCUT2D eigenvalue weighted by molar-refractivity contribution is 7.82. The van der Waals surface area contributed by atoms with Gasteiger partial charge in [0.2, 0.25) is 0 Å². The van der Waals surface area contributed by atoms with Gasteiger partial charge in [-0.15, -0.1) is 0 Å². The van der Waals surface area contributed by atoms with Gasteiger partial charge in [-0.2, -0.15) is 0 Å². The smallest absolute Gasteiger partial charge is 0.335 e. The van der Waals surface area contributed by atoms with E-state index in [9.17, 15) is 9.00 Å². The van der Waals surface area contributed by atoms with Gasteiger partial charge in [0.15, 0.2) is 0 Å². The van der Waals surface area contributed by atoms with Crippen LogP contribution in [0.5, 0.6) is 0 Å².